The van der Waals surface area contributed by atoms with Crippen molar-refractivity contribution < 1.29 is 4.79 Å². The van der Waals surface area contributed by atoms with Crippen LogP contribution in [0.4, 0.5) is 5.95 Å². The lowest BCUT2D eigenvalue weighted by Gasteiger charge is -2.05. The SMILES string of the molecule is CC1(C)C(C(=O)Nc2nc(Cl)c3[nH]cnc3n2)C1(C)C. The largest absolute Gasteiger partial charge is 0.341 e. The molecule has 6 nitrogen and oxygen atoms in total. The molecular formula is C13H16ClN5O. The van der Waals surface area contributed by atoms with Gasteiger partial charge < -0.3 is 4.98 Å². The summed E-state index contributed by atoms with van der Waals surface area (Å²) in [4.78, 5) is 27.4. The first-order chi connectivity index (χ1) is 9.25. The van der Waals surface area contributed by atoms with Crippen LogP contribution in [0.5, 0.6) is 0 Å². The fourth-order valence-corrected chi connectivity index (χ4v) is 3.11. The molecule has 1 saturated carbocycles. The van der Waals surface area contributed by atoms with E-state index < -0.39 is 0 Å². The summed E-state index contributed by atoms with van der Waals surface area (Å²) in [6.45, 7) is 8.34. The second kappa shape index (κ2) is 3.91. The summed E-state index contributed by atoms with van der Waals surface area (Å²) in [7, 11) is 0. The molecule has 0 unspecified atom stereocenters. The highest BCUT2D eigenvalue weighted by Crippen LogP contribution is 2.68. The van der Waals surface area contributed by atoms with E-state index in [2.05, 4.69) is 52.9 Å². The van der Waals surface area contributed by atoms with Crippen LogP contribution in [0, 0.1) is 16.7 Å². The highest BCUT2D eigenvalue weighted by molar-refractivity contribution is 6.33. The van der Waals surface area contributed by atoms with Crippen LogP contribution in [0.15, 0.2) is 6.33 Å². The van der Waals surface area contributed by atoms with Crippen LogP contribution in [0.2, 0.25) is 5.15 Å². The zero-order chi connectivity index (χ0) is 14.7. The van der Waals surface area contributed by atoms with Gasteiger partial charge in [-0.15, -0.1) is 0 Å². The first-order valence-corrected chi connectivity index (χ1v) is 6.80. The Labute approximate surface area is 121 Å². The first kappa shape index (κ1) is 13.3. The molecule has 2 N–H and O–H groups in total. The molecule has 20 heavy (non-hydrogen) atoms. The van der Waals surface area contributed by atoms with Gasteiger partial charge in [0.1, 0.15) is 5.52 Å². The number of hydrogen-bond donors (Lipinski definition) is 2. The maximum absolute atomic E-state index is 12.3. The highest BCUT2D eigenvalue weighted by Gasteiger charge is 2.68. The third-order valence-electron chi connectivity index (χ3n) is 4.76. The number of halogens is 1. The average Bonchev–Trinajstić information content (AvgIpc) is 2.66. The molecule has 0 aromatic carbocycles. The molecule has 3 rings (SSSR count). The minimum atomic E-state index is -0.0778. The van der Waals surface area contributed by atoms with Crippen LogP contribution >= 0.6 is 11.6 Å². The summed E-state index contributed by atoms with van der Waals surface area (Å²) in [5.74, 6) is 0.0521. The Bertz CT molecular complexity index is 692. The summed E-state index contributed by atoms with van der Waals surface area (Å²) in [5.41, 5.74) is 0.945. The van der Waals surface area contributed by atoms with Crippen molar-refractivity contribution in [1.29, 1.82) is 0 Å². The number of aromatic nitrogens is 4. The Morgan fingerprint density at radius 2 is 1.95 bits per heavy atom. The molecule has 1 aliphatic rings. The van der Waals surface area contributed by atoms with Gasteiger partial charge in [-0.3, -0.25) is 10.1 Å². The Morgan fingerprint density at radius 1 is 1.30 bits per heavy atom. The molecule has 0 aliphatic heterocycles. The number of nitrogens with zero attached hydrogens (tertiary/aromatic N) is 3. The topological polar surface area (TPSA) is 83.6 Å². The number of aromatic amines is 1. The number of anilines is 1. The van der Waals surface area contributed by atoms with Gasteiger partial charge in [0.05, 0.1) is 6.33 Å². The van der Waals surface area contributed by atoms with Crippen LogP contribution in [0.1, 0.15) is 27.7 Å². The molecule has 106 valence electrons. The number of nitrogens with one attached hydrogen (secondary N) is 2. The van der Waals surface area contributed by atoms with E-state index in [9.17, 15) is 4.79 Å². The maximum Gasteiger partial charge on any atom is 0.233 e. The lowest BCUT2D eigenvalue weighted by molar-refractivity contribution is -0.118. The number of rotatable bonds is 2. The minimum Gasteiger partial charge on any atom is -0.341 e. The van der Waals surface area contributed by atoms with Gasteiger partial charge in [0, 0.05) is 5.92 Å². The predicted octanol–water partition coefficient (Wildman–Crippen LogP) is 2.63. The van der Waals surface area contributed by atoms with E-state index in [-0.39, 0.29) is 33.8 Å². The molecule has 2 aromatic rings. The zero-order valence-corrected chi connectivity index (χ0v) is 12.5. The monoisotopic (exact) mass is 293 g/mol. The second-order valence-electron chi connectivity index (χ2n) is 6.30. The van der Waals surface area contributed by atoms with Crippen molar-refractivity contribution >= 4 is 34.6 Å². The Kier molecular flexibility index (Phi) is 2.60. The number of carbonyl (C=O) groups is 1. The normalized spacial score (nSPS) is 20.1. The molecule has 0 spiro atoms. The zero-order valence-electron chi connectivity index (χ0n) is 11.8. The smallest absolute Gasteiger partial charge is 0.233 e. The van der Waals surface area contributed by atoms with E-state index in [4.69, 9.17) is 11.6 Å². The molecular weight excluding hydrogens is 278 g/mol. The van der Waals surface area contributed by atoms with Gasteiger partial charge in [-0.1, -0.05) is 39.3 Å². The number of H-pyrrole nitrogens is 1. The summed E-state index contributed by atoms with van der Waals surface area (Å²) in [6, 6.07) is 0. The van der Waals surface area contributed by atoms with Gasteiger partial charge >= 0.3 is 0 Å². The first-order valence-electron chi connectivity index (χ1n) is 6.42. The van der Waals surface area contributed by atoms with E-state index in [0.29, 0.717) is 11.2 Å². The van der Waals surface area contributed by atoms with Crippen LogP contribution in [-0.4, -0.2) is 25.8 Å². The van der Waals surface area contributed by atoms with Gasteiger partial charge in [-0.2, -0.15) is 9.97 Å². The average molecular weight is 294 g/mol. The quantitative estimate of drug-likeness (QED) is 0.834. The third-order valence-corrected chi connectivity index (χ3v) is 5.03. The van der Waals surface area contributed by atoms with Gasteiger partial charge in [0.15, 0.2) is 10.8 Å². The van der Waals surface area contributed by atoms with Crippen LogP contribution in [0.3, 0.4) is 0 Å². The van der Waals surface area contributed by atoms with Crippen molar-refractivity contribution in [3.8, 4) is 0 Å². The van der Waals surface area contributed by atoms with Gasteiger partial charge in [0.2, 0.25) is 11.9 Å². The predicted molar refractivity (Wildman–Crippen MR) is 76.4 cm³/mol. The lowest BCUT2D eigenvalue weighted by atomic mass is 10.0. The minimum absolute atomic E-state index is 0.0304. The molecule has 0 bridgehead atoms. The van der Waals surface area contributed by atoms with Crippen LogP contribution < -0.4 is 5.32 Å². The lowest BCUT2D eigenvalue weighted by Crippen LogP contribution is -2.19. The van der Waals surface area contributed by atoms with Crippen molar-refractivity contribution in [3.05, 3.63) is 11.5 Å². The molecule has 1 fully saturated rings. The van der Waals surface area contributed by atoms with E-state index in [1.807, 2.05) is 0 Å². The number of imidazole rings is 1. The van der Waals surface area contributed by atoms with Gasteiger partial charge in [-0.05, 0) is 10.8 Å². The van der Waals surface area contributed by atoms with Crippen molar-refractivity contribution in [2.45, 2.75) is 27.7 Å². The fraction of sp³-hybridized carbons (Fsp3) is 0.538. The Hall–Kier alpha value is -1.69. The van der Waals surface area contributed by atoms with Crippen LogP contribution in [0.25, 0.3) is 11.2 Å². The Morgan fingerprint density at radius 3 is 2.55 bits per heavy atom. The molecule has 2 heterocycles. The number of carbonyl (C=O) groups excluding carboxylic acids is 1. The summed E-state index contributed by atoms with van der Waals surface area (Å²) in [6.07, 6.45) is 1.49. The molecule has 0 atom stereocenters. The van der Waals surface area contributed by atoms with Crippen molar-refractivity contribution in [3.63, 3.8) is 0 Å². The summed E-state index contributed by atoms with van der Waals surface area (Å²) < 4.78 is 0. The number of hydrogen-bond acceptors (Lipinski definition) is 4. The third kappa shape index (κ3) is 1.71. The molecule has 0 saturated heterocycles. The fourth-order valence-electron chi connectivity index (χ4n) is 2.89. The van der Waals surface area contributed by atoms with E-state index in [1.165, 1.54) is 6.33 Å². The van der Waals surface area contributed by atoms with E-state index >= 15 is 0 Å². The van der Waals surface area contributed by atoms with Gasteiger partial charge in [0.25, 0.3) is 0 Å². The molecule has 7 heteroatoms. The second-order valence-corrected chi connectivity index (χ2v) is 6.66. The van der Waals surface area contributed by atoms with Crippen molar-refractivity contribution in [1.82, 2.24) is 19.9 Å². The summed E-state index contributed by atoms with van der Waals surface area (Å²) in [5, 5.41) is 2.99. The van der Waals surface area contributed by atoms with Crippen molar-refractivity contribution in [2.75, 3.05) is 5.32 Å². The highest BCUT2D eigenvalue weighted by atomic mass is 35.5. The van der Waals surface area contributed by atoms with E-state index in [1.54, 1.807) is 0 Å². The summed E-state index contributed by atoms with van der Waals surface area (Å²) >= 11 is 6.02. The maximum atomic E-state index is 12.3. The Balaban J connectivity index is 1.86. The van der Waals surface area contributed by atoms with Crippen molar-refractivity contribution in [2.24, 2.45) is 16.7 Å². The van der Waals surface area contributed by atoms with E-state index in [0.717, 1.165) is 0 Å². The molecule has 2 aromatic heterocycles. The number of amides is 1. The molecule has 1 amide bonds. The molecule has 1 aliphatic carbocycles. The standard InChI is InChI=1S/C13H16ClN5O/c1-12(2)7(13(12,3)4)10(20)19-11-17-8(14)6-9(18-11)16-5-15-6/h5,7H,1-4H3,(H2,15,16,17,18,19,20). The van der Waals surface area contributed by atoms with Gasteiger partial charge in [-0.25, -0.2) is 4.98 Å². The van der Waals surface area contributed by atoms with Crippen LogP contribution in [-0.2, 0) is 4.79 Å². The molecule has 0 radical (unpaired) electrons. The number of fused-ring (bicyclic) bond motifs is 1.